The predicted molar refractivity (Wildman–Crippen MR) is 155 cm³/mol. The first kappa shape index (κ1) is 28.5. The molecule has 216 valence electrons. The van der Waals surface area contributed by atoms with Crippen molar-refractivity contribution in [2.75, 3.05) is 19.6 Å². The monoisotopic (exact) mass is 547 g/mol. The molecule has 1 atom stereocenters. The van der Waals surface area contributed by atoms with Gasteiger partial charge in [0.25, 0.3) is 0 Å². The summed E-state index contributed by atoms with van der Waals surface area (Å²) >= 11 is 0. The Morgan fingerprint density at radius 2 is 1.80 bits per heavy atom. The molecule has 2 N–H and O–H groups in total. The molecule has 40 heavy (non-hydrogen) atoms. The van der Waals surface area contributed by atoms with Crippen molar-refractivity contribution in [3.8, 4) is 0 Å². The molecule has 1 spiro atoms. The lowest BCUT2D eigenvalue weighted by Crippen LogP contribution is -2.45. The van der Waals surface area contributed by atoms with Crippen LogP contribution in [0.15, 0.2) is 49.1 Å². The van der Waals surface area contributed by atoms with E-state index in [1.165, 1.54) is 24.0 Å². The molecule has 5 rings (SSSR count). The van der Waals surface area contributed by atoms with Crippen molar-refractivity contribution in [3.05, 3.63) is 71.8 Å². The van der Waals surface area contributed by atoms with Gasteiger partial charge in [0.05, 0.1) is 13.1 Å². The van der Waals surface area contributed by atoms with E-state index in [2.05, 4.69) is 72.3 Å². The molecular formula is C31H45N7O2. The summed E-state index contributed by atoms with van der Waals surface area (Å²) in [4.78, 5) is 31.6. The van der Waals surface area contributed by atoms with Crippen LogP contribution in [0.4, 0.5) is 0 Å². The summed E-state index contributed by atoms with van der Waals surface area (Å²) in [7, 11) is 2.02. The second-order valence-corrected chi connectivity index (χ2v) is 11.9. The minimum atomic E-state index is -0.682. The Labute approximate surface area is 238 Å². The van der Waals surface area contributed by atoms with Crippen molar-refractivity contribution in [2.24, 2.45) is 12.5 Å². The fourth-order valence-corrected chi connectivity index (χ4v) is 6.84. The summed E-state index contributed by atoms with van der Waals surface area (Å²) < 4.78 is 2.05. The van der Waals surface area contributed by atoms with E-state index >= 15 is 0 Å². The number of carboxylic acid groups (broad SMARTS) is 1. The predicted octanol–water partition coefficient (Wildman–Crippen LogP) is 4.28. The summed E-state index contributed by atoms with van der Waals surface area (Å²) in [5.41, 5.74) is 2.51. The number of carboxylic acids is 1. The molecule has 2 fully saturated rings. The van der Waals surface area contributed by atoms with Gasteiger partial charge in [0.1, 0.15) is 17.7 Å². The minimum absolute atomic E-state index is 0.128. The Bertz CT molecular complexity index is 1210. The van der Waals surface area contributed by atoms with Crippen LogP contribution in [0.1, 0.15) is 68.7 Å². The maximum Gasteiger partial charge on any atom is 0.320 e. The number of piperidine rings is 1. The van der Waals surface area contributed by atoms with Gasteiger partial charge in [0.2, 0.25) is 0 Å². The van der Waals surface area contributed by atoms with Gasteiger partial charge in [-0.3, -0.25) is 14.6 Å². The molecule has 9 heteroatoms. The molecule has 2 saturated heterocycles. The van der Waals surface area contributed by atoms with E-state index in [9.17, 15) is 9.90 Å². The van der Waals surface area contributed by atoms with Gasteiger partial charge in [-0.1, -0.05) is 38.1 Å². The molecule has 0 saturated carbocycles. The smallest absolute Gasteiger partial charge is 0.320 e. The Morgan fingerprint density at radius 1 is 1.07 bits per heavy atom. The molecule has 0 aliphatic carbocycles. The van der Waals surface area contributed by atoms with Crippen LogP contribution in [0.25, 0.3) is 0 Å². The van der Waals surface area contributed by atoms with E-state index in [0.717, 1.165) is 63.6 Å². The zero-order valence-corrected chi connectivity index (χ0v) is 24.3. The number of aromatic nitrogens is 4. The highest BCUT2D eigenvalue weighted by Crippen LogP contribution is 2.44. The number of imidazole rings is 2. The van der Waals surface area contributed by atoms with E-state index in [1.54, 1.807) is 6.20 Å². The fourth-order valence-electron chi connectivity index (χ4n) is 6.84. The Balaban J connectivity index is 1.22. The second-order valence-electron chi connectivity index (χ2n) is 11.9. The third-order valence-corrected chi connectivity index (χ3v) is 9.24. The lowest BCUT2D eigenvalue weighted by atomic mass is 9.76. The summed E-state index contributed by atoms with van der Waals surface area (Å²) in [5.74, 6) is 1.26. The summed E-state index contributed by atoms with van der Waals surface area (Å²) in [5, 5.41) is 10.1. The number of nitrogens with one attached hydrogen (secondary N) is 1. The van der Waals surface area contributed by atoms with E-state index in [0.29, 0.717) is 19.1 Å². The van der Waals surface area contributed by atoms with Crippen molar-refractivity contribution < 1.29 is 9.90 Å². The number of nitrogens with zero attached hydrogens (tertiary/aromatic N) is 6. The fraction of sp³-hybridized carbons (Fsp3) is 0.581. The number of likely N-dealkylation sites (tertiary alicyclic amines) is 2. The number of aromatic amines is 1. The van der Waals surface area contributed by atoms with Crippen LogP contribution < -0.4 is 0 Å². The Kier molecular flexibility index (Phi) is 9.03. The van der Waals surface area contributed by atoms with Crippen molar-refractivity contribution in [1.29, 1.82) is 0 Å². The van der Waals surface area contributed by atoms with Gasteiger partial charge >= 0.3 is 5.97 Å². The topological polar surface area (TPSA) is 93.5 Å². The molecule has 0 radical (unpaired) electrons. The van der Waals surface area contributed by atoms with E-state index in [-0.39, 0.29) is 5.41 Å². The number of carbonyl (C=O) groups is 1. The first-order valence-corrected chi connectivity index (χ1v) is 14.8. The molecule has 9 nitrogen and oxygen atoms in total. The van der Waals surface area contributed by atoms with Gasteiger partial charge < -0.3 is 19.6 Å². The minimum Gasteiger partial charge on any atom is -0.480 e. The van der Waals surface area contributed by atoms with Crippen molar-refractivity contribution >= 4 is 5.97 Å². The number of hydrogen-bond acceptors (Lipinski definition) is 6. The molecule has 1 aromatic carbocycles. The van der Waals surface area contributed by atoms with Gasteiger partial charge in [-0.15, -0.1) is 0 Å². The third kappa shape index (κ3) is 6.65. The van der Waals surface area contributed by atoms with E-state index in [1.807, 2.05) is 25.6 Å². The van der Waals surface area contributed by atoms with Crippen LogP contribution >= 0.6 is 0 Å². The molecule has 0 amide bonds. The van der Waals surface area contributed by atoms with E-state index in [4.69, 9.17) is 0 Å². The molecule has 4 heterocycles. The molecule has 3 aromatic rings. The molecule has 0 bridgehead atoms. The second kappa shape index (κ2) is 12.7. The van der Waals surface area contributed by atoms with E-state index < -0.39 is 12.0 Å². The summed E-state index contributed by atoms with van der Waals surface area (Å²) in [6, 6.07) is 8.95. The summed E-state index contributed by atoms with van der Waals surface area (Å²) in [6.45, 7) is 10.5. The lowest BCUT2D eigenvalue weighted by Gasteiger charge is -2.42. The Hall–Kier alpha value is -3.01. The molecule has 1 unspecified atom stereocenters. The van der Waals surface area contributed by atoms with Gasteiger partial charge in [0.15, 0.2) is 0 Å². The quantitative estimate of drug-likeness (QED) is 0.350. The number of benzene rings is 1. The first-order chi connectivity index (χ1) is 19.4. The molecular weight excluding hydrogens is 502 g/mol. The van der Waals surface area contributed by atoms with Crippen LogP contribution in [-0.4, -0.2) is 77.0 Å². The number of aliphatic carboxylic acids is 1. The SMILES string of the molecule is CCC(CC)N1CCC2(CC1)CC(C(=O)O)N(Cc1ccc(CN(Cc3ncc[nH]3)Cc3nccn3C)cc1)C2. The third-order valence-electron chi connectivity index (χ3n) is 9.24. The van der Waals surface area contributed by atoms with Gasteiger partial charge in [-0.25, -0.2) is 9.97 Å². The number of rotatable bonds is 12. The van der Waals surface area contributed by atoms with Crippen molar-refractivity contribution in [2.45, 2.75) is 84.2 Å². The first-order valence-electron chi connectivity index (χ1n) is 14.8. The van der Waals surface area contributed by atoms with Crippen LogP contribution in [0, 0.1) is 5.41 Å². The average molecular weight is 548 g/mol. The van der Waals surface area contributed by atoms with Crippen LogP contribution in [0.2, 0.25) is 0 Å². The van der Waals surface area contributed by atoms with Crippen LogP contribution in [0.3, 0.4) is 0 Å². The maximum absolute atomic E-state index is 12.3. The van der Waals surface area contributed by atoms with Crippen LogP contribution in [-0.2, 0) is 38.0 Å². The molecule has 2 aliphatic rings. The Morgan fingerprint density at radius 3 is 2.40 bits per heavy atom. The molecule has 2 aliphatic heterocycles. The van der Waals surface area contributed by atoms with Crippen molar-refractivity contribution in [1.82, 2.24) is 34.2 Å². The highest BCUT2D eigenvalue weighted by atomic mass is 16.4. The number of hydrogen-bond donors (Lipinski definition) is 2. The van der Waals surface area contributed by atoms with Gasteiger partial charge in [-0.05, 0) is 61.7 Å². The average Bonchev–Trinajstić information content (AvgIpc) is 3.69. The number of aryl methyl sites for hydroxylation is 1. The standard InChI is InChI=1S/C31H45N7O2/c1-4-26(5-2)37-15-10-31(11-16-37)18-27(30(39)40)38(23-31)20-25-8-6-24(7-9-25)19-36(21-28-32-12-13-33-28)22-29-34-14-17-35(29)3/h6-9,12-14,17,26-27H,4-5,10-11,15-16,18-23H2,1-3H3,(H,32,33)(H,39,40). The largest absolute Gasteiger partial charge is 0.480 e. The van der Waals surface area contributed by atoms with Gasteiger partial charge in [0, 0.05) is 57.5 Å². The van der Waals surface area contributed by atoms with Gasteiger partial charge in [-0.2, -0.15) is 0 Å². The normalized spacial score (nSPS) is 19.8. The molecule has 2 aromatic heterocycles. The van der Waals surface area contributed by atoms with Crippen molar-refractivity contribution in [3.63, 3.8) is 0 Å². The zero-order valence-electron chi connectivity index (χ0n) is 24.3. The highest BCUT2D eigenvalue weighted by Gasteiger charge is 2.48. The number of H-pyrrole nitrogens is 1. The maximum atomic E-state index is 12.3. The summed E-state index contributed by atoms with van der Waals surface area (Å²) in [6.07, 6.45) is 12.8. The lowest BCUT2D eigenvalue weighted by molar-refractivity contribution is -0.142. The zero-order chi connectivity index (χ0) is 28.1. The van der Waals surface area contributed by atoms with Crippen LogP contribution in [0.5, 0.6) is 0 Å². The highest BCUT2D eigenvalue weighted by molar-refractivity contribution is 5.74.